The molecule has 210 valence electrons. The Morgan fingerprint density at radius 3 is 1.64 bits per heavy atom. The van der Waals surface area contributed by atoms with E-state index in [4.69, 9.17) is 15.0 Å². The predicted molar refractivity (Wildman–Crippen MR) is 178 cm³/mol. The number of rotatable bonds is 5. The number of hydrogen-bond donors (Lipinski definition) is 0. The first-order valence-electron chi connectivity index (χ1n) is 14.6. The van der Waals surface area contributed by atoms with Crippen LogP contribution in [0.4, 0.5) is 0 Å². The zero-order chi connectivity index (χ0) is 30.2. The van der Waals surface area contributed by atoms with Crippen LogP contribution in [0.15, 0.2) is 146 Å². The minimum atomic E-state index is 0.586. The molecule has 0 saturated carbocycles. The van der Waals surface area contributed by atoms with Gasteiger partial charge in [0.1, 0.15) is 0 Å². The maximum atomic E-state index is 9.75. The third-order valence-corrected chi connectivity index (χ3v) is 7.97. The van der Waals surface area contributed by atoms with E-state index in [1.807, 2.05) is 91.1 Å². The van der Waals surface area contributed by atoms with Gasteiger partial charge in [-0.25, -0.2) is 15.0 Å². The highest BCUT2D eigenvalue weighted by Crippen LogP contribution is 2.36. The molecule has 0 radical (unpaired) electrons. The Morgan fingerprint density at radius 2 is 1.04 bits per heavy atom. The number of pyridine rings is 1. The quantitative estimate of drug-likeness (QED) is 0.204. The molecule has 45 heavy (non-hydrogen) atoms. The molecule has 0 aliphatic heterocycles. The van der Waals surface area contributed by atoms with E-state index in [9.17, 15) is 5.26 Å². The van der Waals surface area contributed by atoms with E-state index in [-0.39, 0.29) is 0 Å². The lowest BCUT2D eigenvalue weighted by molar-refractivity contribution is 1.07. The van der Waals surface area contributed by atoms with Crippen molar-refractivity contribution in [3.8, 4) is 57.0 Å². The highest BCUT2D eigenvalue weighted by atomic mass is 15.0. The smallest absolute Gasteiger partial charge is 0.164 e. The van der Waals surface area contributed by atoms with E-state index in [1.165, 1.54) is 0 Å². The maximum Gasteiger partial charge on any atom is 0.164 e. The summed E-state index contributed by atoms with van der Waals surface area (Å²) in [5.41, 5.74) is 8.55. The normalized spacial score (nSPS) is 11.1. The van der Waals surface area contributed by atoms with Gasteiger partial charge in [-0.1, -0.05) is 78.9 Å². The van der Waals surface area contributed by atoms with Gasteiger partial charge >= 0.3 is 0 Å². The van der Waals surface area contributed by atoms with Gasteiger partial charge in [-0.15, -0.1) is 0 Å². The molecule has 0 unspecified atom stereocenters. The number of aromatic nitrogens is 5. The van der Waals surface area contributed by atoms with Crippen molar-refractivity contribution in [3.63, 3.8) is 0 Å². The second-order valence-electron chi connectivity index (χ2n) is 10.7. The van der Waals surface area contributed by atoms with Crippen molar-refractivity contribution in [3.05, 3.63) is 151 Å². The Balaban J connectivity index is 1.32. The van der Waals surface area contributed by atoms with E-state index in [2.05, 4.69) is 64.2 Å². The van der Waals surface area contributed by atoms with Crippen molar-refractivity contribution < 1.29 is 0 Å². The van der Waals surface area contributed by atoms with Gasteiger partial charge in [-0.05, 0) is 65.7 Å². The van der Waals surface area contributed by atoms with Gasteiger partial charge in [0.2, 0.25) is 0 Å². The summed E-state index contributed by atoms with van der Waals surface area (Å²) in [6, 6.07) is 46.9. The van der Waals surface area contributed by atoms with Crippen LogP contribution in [0.1, 0.15) is 5.56 Å². The molecule has 6 nitrogen and oxygen atoms in total. The Kier molecular flexibility index (Phi) is 6.40. The first-order valence-corrected chi connectivity index (χ1v) is 14.6. The molecule has 0 saturated heterocycles. The van der Waals surface area contributed by atoms with Gasteiger partial charge in [0.05, 0.1) is 22.7 Å². The summed E-state index contributed by atoms with van der Waals surface area (Å²) in [6.07, 6.45) is 3.65. The number of nitrogens with zero attached hydrogens (tertiary/aromatic N) is 6. The van der Waals surface area contributed by atoms with Crippen LogP contribution in [0.2, 0.25) is 0 Å². The molecule has 0 amide bonds. The SMILES string of the molecule is N#Cc1ccc2c(c1)c1cc(-c3nc(-c4ccccc4)nc(-c4ccccc4)n3)ccc1n2-c1ccc(-c2cccnc2)cc1. The molecule has 3 heterocycles. The summed E-state index contributed by atoms with van der Waals surface area (Å²) in [7, 11) is 0. The van der Waals surface area contributed by atoms with Crippen LogP contribution >= 0.6 is 0 Å². The van der Waals surface area contributed by atoms with E-state index >= 15 is 0 Å². The first kappa shape index (κ1) is 26.2. The number of fused-ring (bicyclic) bond motifs is 3. The van der Waals surface area contributed by atoms with E-state index in [1.54, 1.807) is 6.20 Å². The lowest BCUT2D eigenvalue weighted by atomic mass is 10.1. The lowest BCUT2D eigenvalue weighted by Crippen LogP contribution is -2.00. The van der Waals surface area contributed by atoms with Crippen molar-refractivity contribution in [2.75, 3.05) is 0 Å². The van der Waals surface area contributed by atoms with Crippen LogP contribution in [-0.4, -0.2) is 24.5 Å². The van der Waals surface area contributed by atoms with Crippen molar-refractivity contribution in [1.29, 1.82) is 5.26 Å². The second kappa shape index (κ2) is 11.0. The maximum absolute atomic E-state index is 9.75. The molecule has 0 fully saturated rings. The van der Waals surface area contributed by atoms with Crippen LogP contribution in [0.25, 0.3) is 72.8 Å². The molecule has 0 aliphatic carbocycles. The summed E-state index contributed by atoms with van der Waals surface area (Å²) in [4.78, 5) is 19.0. The molecule has 5 aromatic carbocycles. The number of hydrogen-bond acceptors (Lipinski definition) is 5. The monoisotopic (exact) mass is 576 g/mol. The van der Waals surface area contributed by atoms with Crippen LogP contribution in [0.3, 0.4) is 0 Å². The Bertz CT molecular complexity index is 2300. The Labute approximate surface area is 259 Å². The molecule has 0 aliphatic rings. The molecule has 8 rings (SSSR count). The van der Waals surface area contributed by atoms with Crippen LogP contribution in [-0.2, 0) is 0 Å². The molecule has 0 bridgehead atoms. The first-order chi connectivity index (χ1) is 22.2. The zero-order valence-corrected chi connectivity index (χ0v) is 24.0. The van der Waals surface area contributed by atoms with E-state index in [0.29, 0.717) is 23.0 Å². The minimum Gasteiger partial charge on any atom is -0.309 e. The van der Waals surface area contributed by atoms with Crippen molar-refractivity contribution in [2.24, 2.45) is 0 Å². The van der Waals surface area contributed by atoms with Crippen LogP contribution < -0.4 is 0 Å². The van der Waals surface area contributed by atoms with Gasteiger partial charge in [-0.3, -0.25) is 4.98 Å². The zero-order valence-electron chi connectivity index (χ0n) is 24.0. The predicted octanol–water partition coefficient (Wildman–Crippen LogP) is 8.90. The van der Waals surface area contributed by atoms with E-state index in [0.717, 1.165) is 55.3 Å². The fourth-order valence-corrected chi connectivity index (χ4v) is 5.78. The Morgan fingerprint density at radius 1 is 0.489 bits per heavy atom. The number of benzene rings is 5. The molecular weight excluding hydrogens is 552 g/mol. The van der Waals surface area contributed by atoms with Gasteiger partial charge in [-0.2, -0.15) is 5.26 Å². The van der Waals surface area contributed by atoms with Gasteiger partial charge < -0.3 is 4.57 Å². The summed E-state index contributed by atoms with van der Waals surface area (Å²) >= 11 is 0. The molecule has 3 aromatic heterocycles. The third-order valence-electron chi connectivity index (χ3n) is 7.97. The summed E-state index contributed by atoms with van der Waals surface area (Å²) in [5.74, 6) is 1.81. The number of nitriles is 1. The minimum absolute atomic E-state index is 0.586. The van der Waals surface area contributed by atoms with Crippen LogP contribution in [0, 0.1) is 11.3 Å². The molecule has 0 N–H and O–H groups in total. The summed E-state index contributed by atoms with van der Waals surface area (Å²) in [6.45, 7) is 0. The highest BCUT2D eigenvalue weighted by molar-refractivity contribution is 6.10. The molecular formula is C39H24N6. The van der Waals surface area contributed by atoms with Crippen LogP contribution in [0.5, 0.6) is 0 Å². The van der Waals surface area contributed by atoms with Gasteiger partial charge in [0.15, 0.2) is 17.5 Å². The van der Waals surface area contributed by atoms with Gasteiger partial charge in [0, 0.05) is 45.5 Å². The third kappa shape index (κ3) is 4.79. The van der Waals surface area contributed by atoms with Crippen molar-refractivity contribution >= 4 is 21.8 Å². The second-order valence-corrected chi connectivity index (χ2v) is 10.7. The molecule has 8 aromatic rings. The highest BCUT2D eigenvalue weighted by Gasteiger charge is 2.17. The van der Waals surface area contributed by atoms with Crippen molar-refractivity contribution in [1.82, 2.24) is 24.5 Å². The lowest BCUT2D eigenvalue weighted by Gasteiger charge is -2.10. The average molecular weight is 577 g/mol. The van der Waals surface area contributed by atoms with Gasteiger partial charge in [0.25, 0.3) is 0 Å². The molecule has 0 spiro atoms. The molecule has 0 atom stereocenters. The van der Waals surface area contributed by atoms with E-state index < -0.39 is 0 Å². The Hall–Kier alpha value is -6.45. The topological polar surface area (TPSA) is 80.3 Å². The largest absolute Gasteiger partial charge is 0.309 e. The fraction of sp³-hybridized carbons (Fsp3) is 0. The standard InChI is InChI=1S/C39H24N6/c40-24-26-13-19-35-33(22-26)34-23-30(16-20-36(34)45(35)32-17-14-27(15-18-32)31-12-7-21-41-25-31)39-43-37(28-8-3-1-4-9-28)42-38(44-39)29-10-5-2-6-11-29/h1-23,25H. The summed E-state index contributed by atoms with van der Waals surface area (Å²) in [5, 5.41) is 11.8. The molecule has 6 heteroatoms. The fourth-order valence-electron chi connectivity index (χ4n) is 5.78. The van der Waals surface area contributed by atoms with Crippen molar-refractivity contribution in [2.45, 2.75) is 0 Å². The summed E-state index contributed by atoms with van der Waals surface area (Å²) < 4.78 is 2.24. The average Bonchev–Trinajstić information content (AvgIpc) is 3.45.